The summed E-state index contributed by atoms with van der Waals surface area (Å²) >= 11 is 5.90. The summed E-state index contributed by atoms with van der Waals surface area (Å²) < 4.78 is 1.52. The van der Waals surface area contributed by atoms with Crippen LogP contribution in [0.3, 0.4) is 0 Å². The summed E-state index contributed by atoms with van der Waals surface area (Å²) in [6.45, 7) is 1.43. The number of nitrogens with one attached hydrogen (secondary N) is 2. The molecule has 0 bridgehead atoms. The van der Waals surface area contributed by atoms with E-state index in [0.29, 0.717) is 27.8 Å². The molecule has 26 heavy (non-hydrogen) atoms. The zero-order valence-corrected chi connectivity index (χ0v) is 15.0. The van der Waals surface area contributed by atoms with E-state index in [0.717, 1.165) is 5.56 Å². The summed E-state index contributed by atoms with van der Waals surface area (Å²) in [5, 5.41) is 10.5. The Kier molecular flexibility index (Phi) is 5.04. The highest BCUT2D eigenvalue weighted by molar-refractivity contribution is 6.30. The largest absolute Gasteiger partial charge is 0.326 e. The van der Waals surface area contributed by atoms with Gasteiger partial charge in [-0.3, -0.25) is 14.3 Å². The number of amides is 2. The molecular formula is C19H17ClN4O2. The molecule has 2 aromatic carbocycles. The highest BCUT2D eigenvalue weighted by atomic mass is 35.5. The minimum absolute atomic E-state index is 0.173. The average molecular weight is 369 g/mol. The van der Waals surface area contributed by atoms with Crippen LogP contribution in [0.5, 0.6) is 0 Å². The number of anilines is 2. The summed E-state index contributed by atoms with van der Waals surface area (Å²) in [5.74, 6) is -0.465. The number of halogens is 1. The van der Waals surface area contributed by atoms with Gasteiger partial charge in [0.25, 0.3) is 5.91 Å². The van der Waals surface area contributed by atoms with E-state index in [4.69, 9.17) is 11.6 Å². The van der Waals surface area contributed by atoms with Crippen molar-refractivity contribution in [2.45, 2.75) is 6.92 Å². The quantitative estimate of drug-likeness (QED) is 0.732. The van der Waals surface area contributed by atoms with Gasteiger partial charge in [0.2, 0.25) is 5.91 Å². The maximum absolute atomic E-state index is 12.6. The number of carbonyl (C=O) groups is 2. The molecule has 0 aliphatic heterocycles. The molecule has 0 unspecified atom stereocenters. The molecule has 132 valence electrons. The lowest BCUT2D eigenvalue weighted by atomic mass is 10.1. The number of hydrogen-bond acceptors (Lipinski definition) is 3. The van der Waals surface area contributed by atoms with Gasteiger partial charge >= 0.3 is 0 Å². The number of aryl methyl sites for hydroxylation is 1. The van der Waals surface area contributed by atoms with Crippen molar-refractivity contribution < 1.29 is 9.59 Å². The number of carbonyl (C=O) groups excluding carboxylic acids is 2. The predicted octanol–water partition coefficient (Wildman–Crippen LogP) is 3.95. The van der Waals surface area contributed by atoms with Crippen molar-refractivity contribution in [1.82, 2.24) is 9.78 Å². The Morgan fingerprint density at radius 2 is 1.65 bits per heavy atom. The van der Waals surface area contributed by atoms with Gasteiger partial charge < -0.3 is 10.6 Å². The molecule has 0 saturated heterocycles. The van der Waals surface area contributed by atoms with Gasteiger partial charge in [-0.05, 0) is 36.4 Å². The zero-order chi connectivity index (χ0) is 18.7. The van der Waals surface area contributed by atoms with Gasteiger partial charge in [-0.2, -0.15) is 5.10 Å². The fourth-order valence-electron chi connectivity index (χ4n) is 2.51. The predicted molar refractivity (Wildman–Crippen MR) is 102 cm³/mol. The van der Waals surface area contributed by atoms with E-state index in [1.807, 2.05) is 12.1 Å². The normalized spacial score (nSPS) is 10.4. The van der Waals surface area contributed by atoms with Gasteiger partial charge in [0.05, 0.1) is 5.69 Å². The van der Waals surface area contributed by atoms with Crippen molar-refractivity contribution in [2.75, 3.05) is 10.6 Å². The van der Waals surface area contributed by atoms with Crippen molar-refractivity contribution >= 4 is 34.8 Å². The Bertz CT molecular complexity index is 964. The van der Waals surface area contributed by atoms with Crippen molar-refractivity contribution in [3.8, 4) is 11.3 Å². The Morgan fingerprint density at radius 3 is 2.31 bits per heavy atom. The average Bonchev–Trinajstić information content (AvgIpc) is 2.97. The van der Waals surface area contributed by atoms with Gasteiger partial charge in [-0.1, -0.05) is 29.8 Å². The van der Waals surface area contributed by atoms with Gasteiger partial charge in [-0.15, -0.1) is 0 Å². The molecule has 2 amide bonds. The van der Waals surface area contributed by atoms with Gasteiger partial charge in [-0.25, -0.2) is 0 Å². The van der Waals surface area contributed by atoms with E-state index in [-0.39, 0.29) is 11.8 Å². The van der Waals surface area contributed by atoms with Crippen LogP contribution in [0.4, 0.5) is 11.4 Å². The second-order valence-corrected chi connectivity index (χ2v) is 6.20. The van der Waals surface area contributed by atoms with Gasteiger partial charge in [0.1, 0.15) is 5.69 Å². The minimum atomic E-state index is -0.291. The van der Waals surface area contributed by atoms with E-state index in [1.54, 1.807) is 49.5 Å². The topological polar surface area (TPSA) is 76.0 Å². The van der Waals surface area contributed by atoms with E-state index in [9.17, 15) is 9.59 Å². The standard InChI is InChI=1S/C19H17ClN4O2/c1-12(25)21-15-4-3-5-16(10-15)22-19(26)18-11-17(23-24(18)2)13-6-8-14(20)9-7-13/h3-11H,1-2H3,(H,21,25)(H,22,26). The second kappa shape index (κ2) is 7.41. The first-order valence-corrected chi connectivity index (χ1v) is 8.29. The first-order valence-electron chi connectivity index (χ1n) is 7.91. The van der Waals surface area contributed by atoms with Crippen molar-refractivity contribution in [3.05, 3.63) is 65.3 Å². The first kappa shape index (κ1) is 17.7. The molecule has 0 spiro atoms. The SMILES string of the molecule is CC(=O)Nc1cccc(NC(=O)c2cc(-c3ccc(Cl)cc3)nn2C)c1. The first-order chi connectivity index (χ1) is 12.4. The van der Waals surface area contributed by atoms with Crippen LogP contribution in [0, 0.1) is 0 Å². The fraction of sp³-hybridized carbons (Fsp3) is 0.105. The third-order valence-corrected chi connectivity index (χ3v) is 3.95. The summed E-state index contributed by atoms with van der Waals surface area (Å²) in [6, 6.07) is 15.9. The molecule has 0 radical (unpaired) electrons. The molecule has 1 aromatic heterocycles. The second-order valence-electron chi connectivity index (χ2n) is 5.76. The number of hydrogen-bond donors (Lipinski definition) is 2. The Hall–Kier alpha value is -3.12. The molecule has 6 nitrogen and oxygen atoms in total. The molecule has 0 atom stereocenters. The number of nitrogens with zero attached hydrogens (tertiary/aromatic N) is 2. The number of rotatable bonds is 4. The third-order valence-electron chi connectivity index (χ3n) is 3.69. The summed E-state index contributed by atoms with van der Waals surface area (Å²) in [5.41, 5.74) is 3.16. The van der Waals surface area contributed by atoms with E-state index < -0.39 is 0 Å². The fourth-order valence-corrected chi connectivity index (χ4v) is 2.64. The van der Waals surface area contributed by atoms with E-state index in [2.05, 4.69) is 15.7 Å². The number of aromatic nitrogens is 2. The Labute approximate surface area is 155 Å². The van der Waals surface area contributed by atoms with Crippen LogP contribution < -0.4 is 10.6 Å². The maximum atomic E-state index is 12.6. The van der Waals surface area contributed by atoms with Crippen LogP contribution in [-0.4, -0.2) is 21.6 Å². The molecule has 1 heterocycles. The highest BCUT2D eigenvalue weighted by Gasteiger charge is 2.15. The lowest BCUT2D eigenvalue weighted by Gasteiger charge is -2.07. The molecule has 0 saturated carbocycles. The highest BCUT2D eigenvalue weighted by Crippen LogP contribution is 2.22. The Balaban J connectivity index is 1.80. The van der Waals surface area contributed by atoms with Gasteiger partial charge in [0.15, 0.2) is 0 Å². The lowest BCUT2D eigenvalue weighted by Crippen LogP contribution is -2.16. The van der Waals surface area contributed by atoms with Crippen LogP contribution in [-0.2, 0) is 11.8 Å². The van der Waals surface area contributed by atoms with E-state index >= 15 is 0 Å². The van der Waals surface area contributed by atoms with Crippen molar-refractivity contribution in [1.29, 1.82) is 0 Å². The smallest absolute Gasteiger partial charge is 0.273 e. The Morgan fingerprint density at radius 1 is 1.00 bits per heavy atom. The monoisotopic (exact) mass is 368 g/mol. The molecule has 0 fully saturated rings. The van der Waals surface area contributed by atoms with Crippen LogP contribution in [0.1, 0.15) is 17.4 Å². The van der Waals surface area contributed by atoms with Crippen LogP contribution >= 0.6 is 11.6 Å². The summed E-state index contributed by atoms with van der Waals surface area (Å²) in [4.78, 5) is 23.7. The molecule has 2 N–H and O–H groups in total. The maximum Gasteiger partial charge on any atom is 0.273 e. The van der Waals surface area contributed by atoms with E-state index in [1.165, 1.54) is 11.6 Å². The third kappa shape index (κ3) is 4.10. The van der Waals surface area contributed by atoms with Crippen molar-refractivity contribution in [3.63, 3.8) is 0 Å². The molecule has 3 rings (SSSR count). The molecular weight excluding hydrogens is 352 g/mol. The number of benzene rings is 2. The molecule has 7 heteroatoms. The summed E-state index contributed by atoms with van der Waals surface area (Å²) in [7, 11) is 1.71. The van der Waals surface area contributed by atoms with Gasteiger partial charge in [0, 0.05) is 35.9 Å². The van der Waals surface area contributed by atoms with Crippen LogP contribution in [0.25, 0.3) is 11.3 Å². The molecule has 3 aromatic rings. The van der Waals surface area contributed by atoms with Crippen LogP contribution in [0.15, 0.2) is 54.6 Å². The van der Waals surface area contributed by atoms with Crippen LogP contribution in [0.2, 0.25) is 5.02 Å². The minimum Gasteiger partial charge on any atom is -0.326 e. The molecule has 0 aliphatic carbocycles. The zero-order valence-electron chi connectivity index (χ0n) is 14.3. The summed E-state index contributed by atoms with van der Waals surface area (Å²) in [6.07, 6.45) is 0. The molecule has 0 aliphatic rings. The van der Waals surface area contributed by atoms with Crippen molar-refractivity contribution in [2.24, 2.45) is 7.05 Å². The lowest BCUT2D eigenvalue weighted by molar-refractivity contribution is -0.114.